The molecule has 0 saturated carbocycles. The molecular weight excluding hydrogens is 322 g/mol. The molecule has 0 bridgehead atoms. The minimum atomic E-state index is -0.0534. The second kappa shape index (κ2) is 8.03. The molecule has 0 spiro atoms. The van der Waals surface area contributed by atoms with Crippen LogP contribution in [0.25, 0.3) is 0 Å². The van der Waals surface area contributed by atoms with Crippen LogP contribution in [0.15, 0.2) is 30.3 Å². The van der Waals surface area contributed by atoms with Crippen molar-refractivity contribution in [2.75, 3.05) is 50.8 Å². The van der Waals surface area contributed by atoms with Crippen molar-refractivity contribution in [3.63, 3.8) is 0 Å². The lowest BCUT2D eigenvalue weighted by Crippen LogP contribution is -2.56. The fourth-order valence-corrected chi connectivity index (χ4v) is 4.21. The van der Waals surface area contributed by atoms with Crippen LogP contribution < -0.4 is 0 Å². The molecule has 130 valence electrons. The summed E-state index contributed by atoms with van der Waals surface area (Å²) in [5, 5.41) is 0. The van der Waals surface area contributed by atoms with Gasteiger partial charge in [0.25, 0.3) is 5.91 Å². The first-order valence-corrected chi connectivity index (χ1v) is 9.77. The fraction of sp³-hybridized carbons (Fsp3) is 0.556. The quantitative estimate of drug-likeness (QED) is 0.829. The largest absolute Gasteiger partial charge is 0.338 e. The zero-order valence-electron chi connectivity index (χ0n) is 14.2. The zero-order chi connectivity index (χ0) is 16.9. The van der Waals surface area contributed by atoms with Gasteiger partial charge in [-0.2, -0.15) is 11.8 Å². The Morgan fingerprint density at radius 1 is 0.917 bits per heavy atom. The van der Waals surface area contributed by atoms with Gasteiger partial charge in [-0.25, -0.2) is 0 Å². The number of hydrogen-bond donors (Lipinski definition) is 0. The van der Waals surface area contributed by atoms with E-state index in [0.717, 1.165) is 30.2 Å². The first-order chi connectivity index (χ1) is 11.7. The lowest BCUT2D eigenvalue weighted by Gasteiger charge is -2.39. The Bertz CT molecular complexity index is 567. The molecule has 2 aliphatic heterocycles. The number of amides is 2. The molecule has 2 heterocycles. The molecule has 0 N–H and O–H groups in total. The highest BCUT2D eigenvalue weighted by atomic mass is 32.2. The molecule has 1 aromatic carbocycles. The van der Waals surface area contributed by atoms with Gasteiger partial charge >= 0.3 is 0 Å². The molecule has 0 radical (unpaired) electrons. The highest BCUT2D eigenvalue weighted by molar-refractivity contribution is 7.99. The van der Waals surface area contributed by atoms with E-state index in [1.807, 2.05) is 58.8 Å². The summed E-state index contributed by atoms with van der Waals surface area (Å²) in [5.41, 5.74) is 0.719. The topological polar surface area (TPSA) is 43.9 Å². The third-order valence-corrected chi connectivity index (χ3v) is 5.79. The van der Waals surface area contributed by atoms with Crippen molar-refractivity contribution in [1.29, 1.82) is 0 Å². The van der Waals surface area contributed by atoms with Crippen molar-refractivity contribution < 1.29 is 9.59 Å². The van der Waals surface area contributed by atoms with Crippen molar-refractivity contribution >= 4 is 23.6 Å². The Balaban J connectivity index is 1.52. The molecule has 2 saturated heterocycles. The summed E-state index contributed by atoms with van der Waals surface area (Å²) in [5.74, 6) is 2.48. The lowest BCUT2D eigenvalue weighted by atomic mass is 10.1. The van der Waals surface area contributed by atoms with E-state index in [9.17, 15) is 9.59 Å². The van der Waals surface area contributed by atoms with Crippen molar-refractivity contribution in [3.8, 4) is 0 Å². The molecule has 0 aromatic heterocycles. The van der Waals surface area contributed by atoms with Crippen LogP contribution in [0.4, 0.5) is 0 Å². The van der Waals surface area contributed by atoms with Crippen LogP contribution in [0.2, 0.25) is 0 Å². The van der Waals surface area contributed by atoms with Crippen molar-refractivity contribution in [2.24, 2.45) is 0 Å². The van der Waals surface area contributed by atoms with E-state index in [2.05, 4.69) is 4.90 Å². The summed E-state index contributed by atoms with van der Waals surface area (Å²) in [7, 11) is 0. The number of hydrogen-bond acceptors (Lipinski definition) is 4. The first kappa shape index (κ1) is 17.3. The van der Waals surface area contributed by atoms with Gasteiger partial charge in [0.2, 0.25) is 5.91 Å². The van der Waals surface area contributed by atoms with Crippen molar-refractivity contribution in [3.05, 3.63) is 35.9 Å². The molecule has 3 rings (SSSR count). The molecule has 2 fully saturated rings. The van der Waals surface area contributed by atoms with Gasteiger partial charge in [-0.05, 0) is 19.1 Å². The lowest BCUT2D eigenvalue weighted by molar-refractivity contribution is -0.137. The predicted octanol–water partition coefficient (Wildman–Crippen LogP) is 1.41. The van der Waals surface area contributed by atoms with Crippen molar-refractivity contribution in [1.82, 2.24) is 14.7 Å². The van der Waals surface area contributed by atoms with E-state index in [1.54, 1.807) is 0 Å². The predicted molar refractivity (Wildman–Crippen MR) is 97.3 cm³/mol. The standard InChI is InChI=1S/C18H25N3O2S/c1-15(19-11-13-24-14-12-19)17(22)20-7-9-21(10-8-20)18(23)16-5-3-2-4-6-16/h2-6,15H,7-14H2,1H3. The van der Waals surface area contributed by atoms with Gasteiger partial charge in [-0.15, -0.1) is 0 Å². The van der Waals surface area contributed by atoms with Gasteiger partial charge in [-0.1, -0.05) is 18.2 Å². The number of carbonyl (C=O) groups excluding carboxylic acids is 2. The maximum absolute atomic E-state index is 12.7. The smallest absolute Gasteiger partial charge is 0.253 e. The fourth-order valence-electron chi connectivity index (χ4n) is 3.28. The van der Waals surface area contributed by atoms with Gasteiger partial charge < -0.3 is 9.80 Å². The van der Waals surface area contributed by atoms with Crippen LogP contribution in [0.5, 0.6) is 0 Å². The maximum atomic E-state index is 12.7. The summed E-state index contributed by atoms with van der Waals surface area (Å²) in [4.78, 5) is 31.2. The number of rotatable bonds is 3. The minimum Gasteiger partial charge on any atom is -0.338 e. The van der Waals surface area contributed by atoms with E-state index in [-0.39, 0.29) is 17.9 Å². The maximum Gasteiger partial charge on any atom is 0.253 e. The first-order valence-electron chi connectivity index (χ1n) is 8.62. The zero-order valence-corrected chi connectivity index (χ0v) is 15.0. The van der Waals surface area contributed by atoms with Crippen molar-refractivity contribution in [2.45, 2.75) is 13.0 Å². The number of benzene rings is 1. The summed E-state index contributed by atoms with van der Waals surface area (Å²) in [6.07, 6.45) is 0. The second-order valence-corrected chi connectivity index (χ2v) is 7.53. The Morgan fingerprint density at radius 3 is 2.12 bits per heavy atom. The Kier molecular flexibility index (Phi) is 5.79. The minimum absolute atomic E-state index is 0.0534. The van der Waals surface area contributed by atoms with E-state index in [1.165, 1.54) is 0 Å². The van der Waals surface area contributed by atoms with E-state index in [4.69, 9.17) is 0 Å². The van der Waals surface area contributed by atoms with Gasteiger partial charge in [-0.3, -0.25) is 14.5 Å². The number of carbonyl (C=O) groups is 2. The molecule has 2 amide bonds. The number of nitrogens with zero attached hydrogens (tertiary/aromatic N) is 3. The van der Waals surface area contributed by atoms with Gasteiger partial charge in [0.05, 0.1) is 6.04 Å². The Hall–Kier alpha value is -1.53. The molecule has 24 heavy (non-hydrogen) atoms. The van der Waals surface area contributed by atoms with Crippen LogP contribution in [-0.4, -0.2) is 83.3 Å². The molecule has 2 aliphatic rings. The molecule has 0 aliphatic carbocycles. The monoisotopic (exact) mass is 347 g/mol. The highest BCUT2D eigenvalue weighted by Gasteiger charge is 2.30. The van der Waals surface area contributed by atoms with Gasteiger partial charge in [0.15, 0.2) is 0 Å². The molecule has 1 unspecified atom stereocenters. The SMILES string of the molecule is CC(C(=O)N1CCN(C(=O)c2ccccc2)CC1)N1CCSCC1. The number of piperazine rings is 1. The normalized spacial score (nSPS) is 20.7. The Labute approximate surface area is 148 Å². The number of thioether (sulfide) groups is 1. The summed E-state index contributed by atoms with van der Waals surface area (Å²) in [6.45, 7) is 6.48. The Morgan fingerprint density at radius 2 is 1.50 bits per heavy atom. The van der Waals surface area contributed by atoms with E-state index < -0.39 is 0 Å². The molecule has 5 nitrogen and oxygen atoms in total. The average molecular weight is 347 g/mol. The molecular formula is C18H25N3O2S. The molecule has 6 heteroatoms. The summed E-state index contributed by atoms with van der Waals surface area (Å²) < 4.78 is 0. The average Bonchev–Trinajstić information content (AvgIpc) is 2.68. The third kappa shape index (κ3) is 3.92. The van der Waals surface area contributed by atoms with Crippen LogP contribution in [0, 0.1) is 0 Å². The van der Waals surface area contributed by atoms with Gasteiger partial charge in [0, 0.05) is 56.3 Å². The van der Waals surface area contributed by atoms with Crippen LogP contribution >= 0.6 is 11.8 Å². The highest BCUT2D eigenvalue weighted by Crippen LogP contribution is 2.15. The van der Waals surface area contributed by atoms with E-state index in [0.29, 0.717) is 26.2 Å². The van der Waals surface area contributed by atoms with Crippen LogP contribution in [0.1, 0.15) is 17.3 Å². The summed E-state index contributed by atoms with van der Waals surface area (Å²) in [6, 6.07) is 9.31. The molecule has 1 atom stereocenters. The molecule has 1 aromatic rings. The second-order valence-electron chi connectivity index (χ2n) is 6.31. The van der Waals surface area contributed by atoms with Gasteiger partial charge in [0.1, 0.15) is 0 Å². The van der Waals surface area contributed by atoms with E-state index >= 15 is 0 Å². The third-order valence-electron chi connectivity index (χ3n) is 4.85. The van der Waals surface area contributed by atoms with Crippen LogP contribution in [-0.2, 0) is 4.79 Å². The van der Waals surface area contributed by atoms with Crippen LogP contribution in [0.3, 0.4) is 0 Å². The summed E-state index contributed by atoms with van der Waals surface area (Å²) >= 11 is 1.95.